The average molecular weight is 497 g/mol. The molecule has 142 valence electrons. The number of halogens is 2. The van der Waals surface area contributed by atoms with Crippen LogP contribution in [0.15, 0.2) is 51.7 Å². The Morgan fingerprint density at radius 2 is 1.96 bits per heavy atom. The minimum atomic E-state index is -0.159. The fourth-order valence-corrected chi connectivity index (χ4v) is 3.21. The minimum absolute atomic E-state index is 0.159. The normalized spacial score (nSPS) is 10.8. The van der Waals surface area contributed by atoms with E-state index in [0.29, 0.717) is 12.2 Å². The summed E-state index contributed by atoms with van der Waals surface area (Å²) >= 11 is 6.87. The Kier molecular flexibility index (Phi) is 6.33. The van der Waals surface area contributed by atoms with Crippen LogP contribution in [0.2, 0.25) is 0 Å². The van der Waals surface area contributed by atoms with Crippen LogP contribution in [-0.4, -0.2) is 37.4 Å². The van der Waals surface area contributed by atoms with Gasteiger partial charge in [0.05, 0.1) is 22.9 Å². The van der Waals surface area contributed by atoms with Crippen LogP contribution in [0.3, 0.4) is 0 Å². The molecule has 0 saturated heterocycles. The van der Waals surface area contributed by atoms with Gasteiger partial charge in [-0.15, -0.1) is 0 Å². The molecule has 9 heteroatoms. The van der Waals surface area contributed by atoms with E-state index in [-0.39, 0.29) is 12.6 Å². The fourth-order valence-electron chi connectivity index (χ4n) is 2.53. The first kappa shape index (κ1) is 19.6. The Morgan fingerprint density at radius 3 is 2.67 bits per heavy atom. The average Bonchev–Trinajstić information content (AvgIpc) is 3.28. The first-order chi connectivity index (χ1) is 13.0. The highest BCUT2D eigenvalue weighted by molar-refractivity contribution is 9.10. The van der Waals surface area contributed by atoms with E-state index in [1.165, 1.54) is 0 Å². The first-order valence-electron chi connectivity index (χ1n) is 8.35. The van der Waals surface area contributed by atoms with E-state index in [4.69, 9.17) is 4.74 Å². The number of rotatable bonds is 7. The Balaban J connectivity index is 1.62. The van der Waals surface area contributed by atoms with Crippen LogP contribution in [0.5, 0.6) is 5.75 Å². The maximum absolute atomic E-state index is 12.7. The minimum Gasteiger partial charge on any atom is -0.471 e. The number of ether oxygens (including phenoxy) is 1. The molecular formula is C18H19Br2N5O2. The van der Waals surface area contributed by atoms with Gasteiger partial charge in [0.15, 0.2) is 12.4 Å². The van der Waals surface area contributed by atoms with Crippen molar-refractivity contribution in [2.24, 2.45) is 0 Å². The van der Waals surface area contributed by atoms with Crippen molar-refractivity contribution in [3.05, 3.63) is 63.1 Å². The van der Waals surface area contributed by atoms with Crippen LogP contribution in [-0.2, 0) is 19.8 Å². The van der Waals surface area contributed by atoms with E-state index in [1.54, 1.807) is 35.1 Å². The molecule has 3 rings (SSSR count). The Labute approximate surface area is 174 Å². The Morgan fingerprint density at radius 1 is 1.22 bits per heavy atom. The van der Waals surface area contributed by atoms with Crippen molar-refractivity contribution in [1.82, 2.24) is 24.5 Å². The molecule has 1 amide bonds. The van der Waals surface area contributed by atoms with E-state index < -0.39 is 0 Å². The molecule has 1 aromatic carbocycles. The van der Waals surface area contributed by atoms with E-state index in [9.17, 15) is 4.79 Å². The maximum Gasteiger partial charge on any atom is 0.274 e. The number of hydrogen-bond acceptors (Lipinski definition) is 4. The van der Waals surface area contributed by atoms with Gasteiger partial charge in [-0.3, -0.25) is 9.48 Å². The lowest BCUT2D eigenvalue weighted by molar-refractivity contribution is 0.0773. The van der Waals surface area contributed by atoms with Gasteiger partial charge in [-0.05, 0) is 53.2 Å². The molecule has 0 spiro atoms. The smallest absolute Gasteiger partial charge is 0.274 e. The van der Waals surface area contributed by atoms with Gasteiger partial charge in [-0.1, -0.05) is 15.9 Å². The highest BCUT2D eigenvalue weighted by Crippen LogP contribution is 2.19. The van der Waals surface area contributed by atoms with Crippen molar-refractivity contribution < 1.29 is 9.53 Å². The molecular weight excluding hydrogens is 478 g/mol. The zero-order chi connectivity index (χ0) is 19.4. The first-order valence-corrected chi connectivity index (χ1v) is 9.94. The molecule has 27 heavy (non-hydrogen) atoms. The van der Waals surface area contributed by atoms with Crippen LogP contribution >= 0.6 is 31.9 Å². The molecule has 2 heterocycles. The summed E-state index contributed by atoms with van der Waals surface area (Å²) in [5.74, 6) is 0.574. The summed E-state index contributed by atoms with van der Waals surface area (Å²) in [5.41, 5.74) is 1.32. The van der Waals surface area contributed by atoms with Crippen molar-refractivity contribution in [1.29, 1.82) is 0 Å². The molecule has 0 bridgehead atoms. The number of aryl methyl sites for hydroxylation is 1. The molecule has 0 atom stereocenters. The van der Waals surface area contributed by atoms with Crippen LogP contribution < -0.4 is 4.74 Å². The van der Waals surface area contributed by atoms with Crippen LogP contribution in [0.25, 0.3) is 0 Å². The van der Waals surface area contributed by atoms with Crippen LogP contribution in [0.1, 0.15) is 23.1 Å². The SMILES string of the molecule is CCn1ncc(Br)c1CN(C)C(=O)c1ccn(COc2ccc(Br)cc2)n1. The van der Waals surface area contributed by atoms with Gasteiger partial charge in [-0.25, -0.2) is 4.68 Å². The number of benzene rings is 1. The number of carbonyl (C=O) groups excluding carboxylic acids is 1. The third kappa shape index (κ3) is 4.78. The quantitative estimate of drug-likeness (QED) is 0.497. The highest BCUT2D eigenvalue weighted by atomic mass is 79.9. The molecule has 0 aliphatic rings. The Bertz CT molecular complexity index is 920. The van der Waals surface area contributed by atoms with Crippen LogP contribution in [0, 0.1) is 0 Å². The zero-order valence-corrected chi connectivity index (χ0v) is 18.1. The van der Waals surface area contributed by atoms with Gasteiger partial charge in [-0.2, -0.15) is 10.2 Å². The fraction of sp³-hybridized carbons (Fsp3) is 0.278. The third-order valence-corrected chi connectivity index (χ3v) is 5.16. The van der Waals surface area contributed by atoms with Gasteiger partial charge in [0.2, 0.25) is 0 Å². The molecule has 0 saturated carbocycles. The lowest BCUT2D eigenvalue weighted by Crippen LogP contribution is -2.28. The molecule has 0 unspecified atom stereocenters. The number of carbonyl (C=O) groups is 1. The molecule has 0 radical (unpaired) electrons. The summed E-state index contributed by atoms with van der Waals surface area (Å²) in [6.45, 7) is 3.42. The second-order valence-electron chi connectivity index (χ2n) is 5.88. The number of aromatic nitrogens is 4. The summed E-state index contributed by atoms with van der Waals surface area (Å²) in [4.78, 5) is 14.3. The van der Waals surface area contributed by atoms with E-state index in [0.717, 1.165) is 26.9 Å². The van der Waals surface area contributed by atoms with E-state index in [2.05, 4.69) is 42.1 Å². The third-order valence-electron chi connectivity index (χ3n) is 3.97. The van der Waals surface area contributed by atoms with E-state index in [1.807, 2.05) is 35.9 Å². The lowest BCUT2D eigenvalue weighted by atomic mass is 10.3. The zero-order valence-electron chi connectivity index (χ0n) is 15.0. The summed E-state index contributed by atoms with van der Waals surface area (Å²) in [5, 5.41) is 8.59. The summed E-state index contributed by atoms with van der Waals surface area (Å²) in [7, 11) is 1.75. The van der Waals surface area contributed by atoms with Gasteiger partial charge in [0, 0.05) is 24.3 Å². The van der Waals surface area contributed by atoms with Crippen molar-refractivity contribution >= 4 is 37.8 Å². The molecule has 0 N–H and O–H groups in total. The standard InChI is InChI=1S/C18H19Br2N5O2/c1-3-25-17(15(20)10-21-25)11-23(2)18(26)16-8-9-24(22-16)12-27-14-6-4-13(19)5-7-14/h4-10H,3,11-12H2,1-2H3. The largest absolute Gasteiger partial charge is 0.471 e. The molecule has 0 aliphatic carbocycles. The van der Waals surface area contributed by atoms with Gasteiger partial charge in [0.25, 0.3) is 5.91 Å². The molecule has 7 nitrogen and oxygen atoms in total. The van der Waals surface area contributed by atoms with Crippen molar-refractivity contribution in [3.8, 4) is 5.75 Å². The van der Waals surface area contributed by atoms with Crippen molar-refractivity contribution in [2.75, 3.05) is 7.05 Å². The Hall–Kier alpha value is -2.13. The van der Waals surface area contributed by atoms with Crippen molar-refractivity contribution in [3.63, 3.8) is 0 Å². The predicted octanol–water partition coefficient (Wildman–Crippen LogP) is 3.93. The highest BCUT2D eigenvalue weighted by Gasteiger charge is 2.18. The molecule has 0 aliphatic heterocycles. The van der Waals surface area contributed by atoms with Gasteiger partial charge in [0.1, 0.15) is 5.75 Å². The molecule has 2 aromatic heterocycles. The second-order valence-corrected chi connectivity index (χ2v) is 7.65. The number of amides is 1. The van der Waals surface area contributed by atoms with Crippen LogP contribution in [0.4, 0.5) is 0 Å². The molecule has 0 fully saturated rings. The topological polar surface area (TPSA) is 65.2 Å². The van der Waals surface area contributed by atoms with Gasteiger partial charge < -0.3 is 9.64 Å². The van der Waals surface area contributed by atoms with E-state index >= 15 is 0 Å². The summed E-state index contributed by atoms with van der Waals surface area (Å²) in [6.07, 6.45) is 3.47. The maximum atomic E-state index is 12.7. The second kappa shape index (κ2) is 8.71. The predicted molar refractivity (Wildman–Crippen MR) is 108 cm³/mol. The lowest BCUT2D eigenvalue weighted by Gasteiger charge is -2.17. The number of nitrogens with zero attached hydrogens (tertiary/aromatic N) is 5. The monoisotopic (exact) mass is 495 g/mol. The summed E-state index contributed by atoms with van der Waals surface area (Å²) in [6, 6.07) is 9.23. The van der Waals surface area contributed by atoms with Crippen molar-refractivity contribution in [2.45, 2.75) is 26.7 Å². The summed E-state index contributed by atoms with van der Waals surface area (Å²) < 4.78 is 11.0. The van der Waals surface area contributed by atoms with Gasteiger partial charge >= 0.3 is 0 Å². The molecule has 3 aromatic rings. The number of hydrogen-bond donors (Lipinski definition) is 0.